The molecule has 168 valence electrons. The molecule has 4 aliphatic heterocycles. The van der Waals surface area contributed by atoms with Crippen LogP contribution in [0.2, 0.25) is 0 Å². The lowest BCUT2D eigenvalue weighted by Gasteiger charge is -2.41. The first-order chi connectivity index (χ1) is 15.5. The highest BCUT2D eigenvalue weighted by molar-refractivity contribution is 6.00. The molecular weight excluding hydrogens is 407 g/mol. The molecule has 32 heavy (non-hydrogen) atoms. The largest absolute Gasteiger partial charge is 0.485 e. The van der Waals surface area contributed by atoms with Gasteiger partial charge in [-0.15, -0.1) is 0 Å². The summed E-state index contributed by atoms with van der Waals surface area (Å²) in [5.41, 5.74) is 9.86. The molecule has 0 radical (unpaired) electrons. The van der Waals surface area contributed by atoms with Gasteiger partial charge >= 0.3 is 0 Å². The van der Waals surface area contributed by atoms with Crippen molar-refractivity contribution in [2.45, 2.75) is 57.2 Å². The topological polar surface area (TPSA) is 79.9 Å². The first-order valence-corrected chi connectivity index (χ1v) is 11.7. The lowest BCUT2D eigenvalue weighted by Crippen LogP contribution is -2.51. The average Bonchev–Trinajstić information content (AvgIpc) is 3.33. The Bertz CT molecular complexity index is 1090. The van der Waals surface area contributed by atoms with Gasteiger partial charge in [0.25, 0.3) is 0 Å². The number of amidine groups is 1. The summed E-state index contributed by atoms with van der Waals surface area (Å²) in [7, 11) is 0. The quantitative estimate of drug-likeness (QED) is 0.740. The smallest absolute Gasteiger partial charge is 0.152 e. The van der Waals surface area contributed by atoms with E-state index in [0.29, 0.717) is 12.3 Å². The van der Waals surface area contributed by atoms with E-state index >= 15 is 0 Å². The van der Waals surface area contributed by atoms with Gasteiger partial charge in [0.1, 0.15) is 28.7 Å². The molecule has 2 N–H and O–H groups in total. The Labute approximate surface area is 187 Å². The van der Waals surface area contributed by atoms with Crippen molar-refractivity contribution in [3.8, 4) is 5.75 Å². The number of halogens is 1. The van der Waals surface area contributed by atoms with Crippen LogP contribution in [0, 0.1) is 12.7 Å². The number of rotatable bonds is 1. The van der Waals surface area contributed by atoms with Gasteiger partial charge in [-0.3, -0.25) is 4.99 Å². The van der Waals surface area contributed by atoms with Crippen LogP contribution in [0.15, 0.2) is 23.2 Å². The Morgan fingerprint density at radius 1 is 1.06 bits per heavy atom. The number of anilines is 1. The lowest BCUT2D eigenvalue weighted by atomic mass is 9.83. The monoisotopic (exact) mass is 436 g/mol. The minimum atomic E-state index is -0.477. The number of hydrogen-bond acceptors (Lipinski definition) is 7. The maximum absolute atomic E-state index is 13.7. The van der Waals surface area contributed by atoms with Crippen molar-refractivity contribution in [3.05, 3.63) is 46.7 Å². The summed E-state index contributed by atoms with van der Waals surface area (Å²) in [6.45, 7) is 6.31. The van der Waals surface area contributed by atoms with E-state index in [-0.39, 0.29) is 11.9 Å². The number of ether oxygens (including phenoxy) is 1. The Kier molecular flexibility index (Phi) is 4.61. The van der Waals surface area contributed by atoms with Crippen molar-refractivity contribution in [2.75, 3.05) is 31.1 Å². The molecule has 0 amide bonds. The van der Waals surface area contributed by atoms with Crippen LogP contribution in [0.3, 0.4) is 0 Å². The zero-order valence-corrected chi connectivity index (χ0v) is 18.5. The van der Waals surface area contributed by atoms with E-state index in [1.165, 1.54) is 31.4 Å². The number of nitrogens with zero attached hydrogens (tertiary/aromatic N) is 5. The van der Waals surface area contributed by atoms with Gasteiger partial charge in [0.2, 0.25) is 0 Å². The predicted molar refractivity (Wildman–Crippen MR) is 121 cm³/mol. The van der Waals surface area contributed by atoms with E-state index in [1.807, 2.05) is 6.92 Å². The molecule has 2 saturated heterocycles. The highest BCUT2D eigenvalue weighted by Crippen LogP contribution is 2.47. The molecule has 2 aromatic rings. The van der Waals surface area contributed by atoms with Crippen molar-refractivity contribution in [2.24, 2.45) is 10.7 Å². The van der Waals surface area contributed by atoms with Crippen LogP contribution in [-0.2, 0) is 6.54 Å². The summed E-state index contributed by atoms with van der Waals surface area (Å²) in [4.78, 5) is 19.4. The molecular formula is C24H29FN6O. The molecule has 1 aromatic carbocycles. The number of fused-ring (bicyclic) bond motifs is 2. The number of hydrogen-bond donors (Lipinski definition) is 1. The van der Waals surface area contributed by atoms with Gasteiger partial charge in [-0.25, -0.2) is 14.4 Å². The summed E-state index contributed by atoms with van der Waals surface area (Å²) in [6.07, 6.45) is 5.25. The summed E-state index contributed by atoms with van der Waals surface area (Å²) in [5.74, 6) is 2.25. The van der Waals surface area contributed by atoms with Gasteiger partial charge in [0.05, 0.1) is 24.0 Å². The molecule has 1 aromatic heterocycles. The number of aryl methyl sites for hydroxylation is 1. The van der Waals surface area contributed by atoms with E-state index in [4.69, 9.17) is 25.4 Å². The van der Waals surface area contributed by atoms with Crippen LogP contribution < -0.4 is 15.4 Å². The minimum absolute atomic E-state index is 0.243. The van der Waals surface area contributed by atoms with E-state index in [0.717, 1.165) is 73.3 Å². The molecule has 6 rings (SSSR count). The molecule has 8 heteroatoms. The molecule has 5 heterocycles. The van der Waals surface area contributed by atoms with Gasteiger partial charge in [-0.05, 0) is 32.3 Å². The zero-order valence-electron chi connectivity index (χ0n) is 18.5. The van der Waals surface area contributed by atoms with Crippen molar-refractivity contribution >= 4 is 11.7 Å². The number of likely N-dealkylation sites (tertiary alicyclic amines) is 1. The number of benzene rings is 1. The second-order valence-corrected chi connectivity index (χ2v) is 9.43. The van der Waals surface area contributed by atoms with Gasteiger partial charge < -0.3 is 20.3 Å². The molecule has 1 atom stereocenters. The molecule has 1 spiro atoms. The van der Waals surface area contributed by atoms with E-state index in [1.54, 1.807) is 6.07 Å². The molecule has 0 bridgehead atoms. The summed E-state index contributed by atoms with van der Waals surface area (Å²) in [5, 5.41) is 0. The third-order valence-corrected chi connectivity index (χ3v) is 7.46. The van der Waals surface area contributed by atoms with Crippen LogP contribution in [0.5, 0.6) is 5.75 Å². The fraction of sp³-hybridized carbons (Fsp3) is 0.542. The van der Waals surface area contributed by atoms with Crippen molar-refractivity contribution in [3.63, 3.8) is 0 Å². The SMILES string of the molecule is Cc1nc2c(nc1N1CCC3(CC1)Oc1cc(F)ccc1[C@H]3N)CN=C2N1CCCCC1. The zero-order chi connectivity index (χ0) is 21.9. The molecule has 2 fully saturated rings. The Balaban J connectivity index is 1.20. The third-order valence-electron chi connectivity index (χ3n) is 7.46. The van der Waals surface area contributed by atoms with E-state index < -0.39 is 5.60 Å². The van der Waals surface area contributed by atoms with Crippen molar-refractivity contribution < 1.29 is 9.13 Å². The average molecular weight is 437 g/mol. The van der Waals surface area contributed by atoms with Gasteiger partial charge in [-0.2, -0.15) is 0 Å². The van der Waals surface area contributed by atoms with Crippen LogP contribution in [-0.4, -0.2) is 52.5 Å². The van der Waals surface area contributed by atoms with Crippen molar-refractivity contribution in [1.29, 1.82) is 0 Å². The minimum Gasteiger partial charge on any atom is -0.485 e. The van der Waals surface area contributed by atoms with E-state index in [2.05, 4.69) is 9.80 Å². The number of aliphatic imine (C=N–C) groups is 1. The molecule has 0 aliphatic carbocycles. The van der Waals surface area contributed by atoms with E-state index in [9.17, 15) is 4.39 Å². The second kappa shape index (κ2) is 7.40. The van der Waals surface area contributed by atoms with Crippen molar-refractivity contribution in [1.82, 2.24) is 14.9 Å². The summed E-state index contributed by atoms with van der Waals surface area (Å²) >= 11 is 0. The van der Waals surface area contributed by atoms with Crippen LogP contribution in [0.25, 0.3) is 0 Å². The summed E-state index contributed by atoms with van der Waals surface area (Å²) < 4.78 is 19.9. The van der Waals surface area contributed by atoms with Crippen LogP contribution in [0.1, 0.15) is 60.8 Å². The molecule has 7 nitrogen and oxygen atoms in total. The normalized spacial score (nSPS) is 23.7. The highest BCUT2D eigenvalue weighted by atomic mass is 19.1. The molecule has 4 aliphatic rings. The first kappa shape index (κ1) is 19.9. The first-order valence-electron chi connectivity index (χ1n) is 11.7. The Morgan fingerprint density at radius 2 is 1.84 bits per heavy atom. The highest BCUT2D eigenvalue weighted by Gasteiger charge is 2.48. The standard InChI is InChI=1S/C24H29FN6O/c1-15-22(29-18-14-27-23(20(18)28-15)30-9-3-2-4-10-30)31-11-7-24(8-12-31)21(26)17-6-5-16(25)13-19(17)32-24/h5-6,13,21H,2-4,7-12,14,26H2,1H3/t21-/m1/s1. The number of aromatic nitrogens is 2. The van der Waals surface area contributed by atoms with Gasteiger partial charge in [-0.1, -0.05) is 6.07 Å². The Morgan fingerprint density at radius 3 is 2.62 bits per heavy atom. The second-order valence-electron chi connectivity index (χ2n) is 9.43. The molecule has 0 saturated carbocycles. The summed E-state index contributed by atoms with van der Waals surface area (Å²) in [6, 6.07) is 4.42. The maximum Gasteiger partial charge on any atom is 0.152 e. The fourth-order valence-corrected chi connectivity index (χ4v) is 5.64. The molecule has 0 unspecified atom stereocenters. The van der Waals surface area contributed by atoms with Crippen LogP contribution >= 0.6 is 0 Å². The Hall–Kier alpha value is -2.74. The maximum atomic E-state index is 13.7. The lowest BCUT2D eigenvalue weighted by molar-refractivity contribution is 0.0429. The predicted octanol–water partition coefficient (Wildman–Crippen LogP) is 3.10. The third kappa shape index (κ3) is 3.07. The number of nitrogens with two attached hydrogens (primary N) is 1. The van der Waals surface area contributed by atoms with Gasteiger partial charge in [0.15, 0.2) is 5.84 Å². The number of piperidine rings is 2. The van der Waals surface area contributed by atoms with Crippen LogP contribution in [0.4, 0.5) is 10.2 Å². The fourth-order valence-electron chi connectivity index (χ4n) is 5.64. The van der Waals surface area contributed by atoms with Gasteiger partial charge in [0, 0.05) is 50.7 Å².